The van der Waals surface area contributed by atoms with Crippen LogP contribution in [0.4, 0.5) is 0 Å². The number of ketones is 1. The molecule has 0 amide bonds. The van der Waals surface area contributed by atoms with Crippen LogP contribution in [0.5, 0.6) is 0 Å². The molecule has 2 aromatic carbocycles. The second-order valence-electron chi connectivity index (χ2n) is 4.63. The van der Waals surface area contributed by atoms with Crippen molar-refractivity contribution in [3.63, 3.8) is 0 Å². The molecule has 0 fully saturated rings. The summed E-state index contributed by atoms with van der Waals surface area (Å²) < 4.78 is 0. The minimum atomic E-state index is -0.787. The van der Waals surface area contributed by atoms with Crippen molar-refractivity contribution >= 4 is 16.6 Å². The summed E-state index contributed by atoms with van der Waals surface area (Å²) in [5.41, 5.74) is 1.33. The molecule has 0 saturated carbocycles. The molecule has 1 aliphatic rings. The summed E-state index contributed by atoms with van der Waals surface area (Å²) in [7, 11) is 0. The molecule has 1 unspecified atom stereocenters. The van der Waals surface area contributed by atoms with Crippen molar-refractivity contribution in [3.8, 4) is 0 Å². The van der Waals surface area contributed by atoms with Crippen molar-refractivity contribution in [2.24, 2.45) is 0 Å². The highest BCUT2D eigenvalue weighted by atomic mass is 16.3. The van der Waals surface area contributed by atoms with E-state index in [4.69, 9.17) is 0 Å². The minimum absolute atomic E-state index is 0.0654. The van der Waals surface area contributed by atoms with Crippen molar-refractivity contribution in [1.82, 2.24) is 0 Å². The van der Waals surface area contributed by atoms with E-state index in [2.05, 4.69) is 0 Å². The molecular weight excluding hydrogens is 224 g/mol. The lowest BCUT2D eigenvalue weighted by Gasteiger charge is -2.12. The third-order valence-corrected chi connectivity index (χ3v) is 3.44. The van der Waals surface area contributed by atoms with Gasteiger partial charge in [0.2, 0.25) is 0 Å². The van der Waals surface area contributed by atoms with Crippen LogP contribution in [0.3, 0.4) is 0 Å². The van der Waals surface area contributed by atoms with E-state index in [1.165, 1.54) is 0 Å². The van der Waals surface area contributed by atoms with Crippen molar-refractivity contribution < 1.29 is 9.90 Å². The number of hydrogen-bond acceptors (Lipinski definition) is 2. The third kappa shape index (κ3) is 1.85. The first-order valence-corrected chi connectivity index (χ1v) is 6.16. The Morgan fingerprint density at radius 3 is 2.56 bits per heavy atom. The zero-order valence-corrected chi connectivity index (χ0v) is 9.97. The smallest absolute Gasteiger partial charge is 0.161 e. The Balaban J connectivity index is 2.01. The number of benzene rings is 2. The van der Waals surface area contributed by atoms with Gasteiger partial charge in [-0.05, 0) is 28.8 Å². The average Bonchev–Trinajstić information content (AvgIpc) is 2.83. The van der Waals surface area contributed by atoms with Crippen molar-refractivity contribution in [2.75, 3.05) is 0 Å². The highest BCUT2D eigenvalue weighted by Crippen LogP contribution is 2.29. The second kappa shape index (κ2) is 4.39. The summed E-state index contributed by atoms with van der Waals surface area (Å²) in [5.74, 6) is 0.0654. The summed E-state index contributed by atoms with van der Waals surface area (Å²) in [4.78, 5) is 11.6. The Morgan fingerprint density at radius 1 is 1.06 bits per heavy atom. The molecule has 0 aliphatic heterocycles. The van der Waals surface area contributed by atoms with E-state index in [9.17, 15) is 9.90 Å². The predicted octanol–water partition coefficient (Wildman–Crippen LogP) is 3.16. The third-order valence-electron chi connectivity index (χ3n) is 3.44. The SMILES string of the molecule is O=C1CCC=C1C(O)c1ccc2ccccc2c1. The lowest BCUT2D eigenvalue weighted by Crippen LogP contribution is -2.07. The van der Waals surface area contributed by atoms with Crippen LogP contribution >= 0.6 is 0 Å². The molecule has 1 N–H and O–H groups in total. The number of carbonyl (C=O) groups excluding carboxylic acids is 1. The van der Waals surface area contributed by atoms with Crippen molar-refractivity contribution in [2.45, 2.75) is 18.9 Å². The molecule has 2 aromatic rings. The summed E-state index contributed by atoms with van der Waals surface area (Å²) in [6.07, 6.45) is 2.34. The highest BCUT2D eigenvalue weighted by Gasteiger charge is 2.23. The summed E-state index contributed by atoms with van der Waals surface area (Å²) >= 11 is 0. The topological polar surface area (TPSA) is 37.3 Å². The fourth-order valence-electron chi connectivity index (χ4n) is 2.44. The summed E-state index contributed by atoms with van der Waals surface area (Å²) in [6, 6.07) is 13.8. The van der Waals surface area contributed by atoms with Gasteiger partial charge < -0.3 is 5.11 Å². The molecule has 0 saturated heterocycles. The zero-order valence-electron chi connectivity index (χ0n) is 9.97. The van der Waals surface area contributed by atoms with Crippen LogP contribution in [-0.2, 0) is 4.79 Å². The van der Waals surface area contributed by atoms with Crippen molar-refractivity contribution in [1.29, 1.82) is 0 Å². The normalized spacial score (nSPS) is 16.9. The van der Waals surface area contributed by atoms with Crippen LogP contribution in [0.15, 0.2) is 54.1 Å². The van der Waals surface area contributed by atoms with E-state index in [0.29, 0.717) is 12.0 Å². The largest absolute Gasteiger partial charge is 0.384 e. The summed E-state index contributed by atoms with van der Waals surface area (Å²) in [5, 5.41) is 12.5. The quantitative estimate of drug-likeness (QED) is 0.872. The molecule has 0 radical (unpaired) electrons. The molecule has 0 spiro atoms. The van der Waals surface area contributed by atoms with Crippen LogP contribution in [0.2, 0.25) is 0 Å². The number of Topliss-reactive ketones (excluding diaryl/α,β-unsaturated/α-hetero) is 1. The van der Waals surface area contributed by atoms with E-state index in [0.717, 1.165) is 22.8 Å². The van der Waals surface area contributed by atoms with Gasteiger partial charge in [-0.2, -0.15) is 0 Å². The number of aliphatic hydroxyl groups excluding tert-OH is 1. The molecule has 1 atom stereocenters. The first-order valence-electron chi connectivity index (χ1n) is 6.16. The summed E-state index contributed by atoms with van der Waals surface area (Å²) in [6.45, 7) is 0. The van der Waals surface area contributed by atoms with Gasteiger partial charge >= 0.3 is 0 Å². The number of allylic oxidation sites excluding steroid dienone is 1. The molecule has 0 heterocycles. The molecule has 2 heteroatoms. The zero-order chi connectivity index (χ0) is 12.5. The van der Waals surface area contributed by atoms with Gasteiger partial charge in [0.05, 0.1) is 0 Å². The van der Waals surface area contributed by atoms with Gasteiger partial charge in [0.15, 0.2) is 5.78 Å². The van der Waals surface area contributed by atoms with Gasteiger partial charge in [-0.25, -0.2) is 0 Å². The maximum atomic E-state index is 11.6. The minimum Gasteiger partial charge on any atom is -0.384 e. The van der Waals surface area contributed by atoms with E-state index < -0.39 is 6.10 Å². The fourth-order valence-corrected chi connectivity index (χ4v) is 2.44. The van der Waals surface area contributed by atoms with E-state index in [-0.39, 0.29) is 5.78 Å². The van der Waals surface area contributed by atoms with E-state index >= 15 is 0 Å². The number of fused-ring (bicyclic) bond motifs is 1. The first-order chi connectivity index (χ1) is 8.75. The Bertz CT molecular complexity index is 640. The monoisotopic (exact) mass is 238 g/mol. The second-order valence-corrected chi connectivity index (χ2v) is 4.63. The number of rotatable bonds is 2. The molecular formula is C16H14O2. The van der Waals surface area contributed by atoms with Gasteiger partial charge in [0, 0.05) is 12.0 Å². The fraction of sp³-hybridized carbons (Fsp3) is 0.188. The Morgan fingerprint density at radius 2 is 1.83 bits per heavy atom. The van der Waals surface area contributed by atoms with Gasteiger partial charge in [-0.15, -0.1) is 0 Å². The molecule has 90 valence electrons. The molecule has 18 heavy (non-hydrogen) atoms. The Hall–Kier alpha value is -1.93. The molecule has 3 rings (SSSR count). The van der Waals surface area contributed by atoms with E-state index in [1.807, 2.05) is 48.5 Å². The van der Waals surface area contributed by atoms with Crippen LogP contribution in [0.25, 0.3) is 10.8 Å². The Labute approximate surface area is 106 Å². The van der Waals surface area contributed by atoms with Crippen LogP contribution in [-0.4, -0.2) is 10.9 Å². The molecule has 0 bridgehead atoms. The predicted molar refractivity (Wildman–Crippen MR) is 71.2 cm³/mol. The number of hydrogen-bond donors (Lipinski definition) is 1. The van der Waals surface area contributed by atoms with Crippen LogP contribution in [0, 0.1) is 0 Å². The molecule has 1 aliphatic carbocycles. The van der Waals surface area contributed by atoms with Gasteiger partial charge in [-0.3, -0.25) is 4.79 Å². The Kier molecular flexibility index (Phi) is 2.73. The molecule has 0 aromatic heterocycles. The lowest BCUT2D eigenvalue weighted by molar-refractivity contribution is -0.115. The maximum Gasteiger partial charge on any atom is 0.161 e. The van der Waals surface area contributed by atoms with Crippen molar-refractivity contribution in [3.05, 3.63) is 59.7 Å². The van der Waals surface area contributed by atoms with Crippen LogP contribution in [0.1, 0.15) is 24.5 Å². The highest BCUT2D eigenvalue weighted by molar-refractivity contribution is 5.98. The lowest BCUT2D eigenvalue weighted by atomic mass is 9.98. The standard InChI is InChI=1S/C16H14O2/c17-15-7-3-6-14(15)16(18)13-9-8-11-4-1-2-5-12(11)10-13/h1-2,4-6,8-10,16,18H,3,7H2. The van der Waals surface area contributed by atoms with Gasteiger partial charge in [-0.1, -0.05) is 42.5 Å². The molecule has 2 nitrogen and oxygen atoms in total. The number of carbonyl (C=O) groups is 1. The number of aliphatic hydroxyl groups is 1. The van der Waals surface area contributed by atoms with E-state index in [1.54, 1.807) is 0 Å². The van der Waals surface area contributed by atoms with Gasteiger partial charge in [0.25, 0.3) is 0 Å². The van der Waals surface area contributed by atoms with Gasteiger partial charge in [0.1, 0.15) is 6.10 Å². The maximum absolute atomic E-state index is 11.6. The van der Waals surface area contributed by atoms with Crippen LogP contribution < -0.4 is 0 Å². The average molecular weight is 238 g/mol. The first kappa shape index (κ1) is 11.2.